The fourth-order valence-corrected chi connectivity index (χ4v) is 5.19. The first-order valence-corrected chi connectivity index (χ1v) is 11.3. The quantitative estimate of drug-likeness (QED) is 0.475. The molecule has 3 aromatic rings. The number of hydrogen-bond donors (Lipinski definition) is 3. The Hall–Kier alpha value is -2.61. The first kappa shape index (κ1) is 20.1. The largest absolute Gasteiger partial charge is 0.481 e. The fourth-order valence-electron chi connectivity index (χ4n) is 2.84. The Morgan fingerprint density at radius 1 is 1.18 bits per heavy atom. The molecule has 0 bridgehead atoms. The molecule has 0 amide bonds. The normalized spacial score (nSPS) is 14.3. The van der Waals surface area contributed by atoms with Gasteiger partial charge in [0.1, 0.15) is 11.5 Å². The van der Waals surface area contributed by atoms with E-state index in [1.165, 1.54) is 17.7 Å². The smallest absolute Gasteiger partial charge is 0.307 e. The summed E-state index contributed by atoms with van der Waals surface area (Å²) in [5, 5.41) is 15.3. The topological polar surface area (TPSA) is 139 Å². The average Bonchev–Trinajstić information content (AvgIpc) is 3.18. The van der Waals surface area contributed by atoms with Crippen molar-refractivity contribution in [3.8, 4) is 11.3 Å². The lowest BCUT2D eigenvalue weighted by atomic mass is 10.0. The van der Waals surface area contributed by atoms with Gasteiger partial charge in [0, 0.05) is 29.5 Å². The molecule has 0 aliphatic rings. The Labute approximate surface area is 165 Å². The third-order valence-electron chi connectivity index (χ3n) is 4.22. The van der Waals surface area contributed by atoms with Gasteiger partial charge in [-0.1, -0.05) is 34.8 Å². The number of anilines is 1. The van der Waals surface area contributed by atoms with Crippen LogP contribution in [0.25, 0.3) is 11.3 Å². The van der Waals surface area contributed by atoms with Gasteiger partial charge < -0.3 is 15.7 Å². The first-order valence-electron chi connectivity index (χ1n) is 8.43. The molecule has 0 aliphatic carbocycles. The number of aromatic nitrogens is 3. The summed E-state index contributed by atoms with van der Waals surface area (Å²) in [6, 6.07) is 10.4. The maximum absolute atomic E-state index is 12.7. The second-order valence-electron chi connectivity index (χ2n) is 6.50. The number of aliphatic carboxylic acids is 1. The standard InChI is InChI=1S/C18H19N4O4PS/c19-17-6-3-13(8-20-17)7-15(18(23)24)10-27(25,26)9-12-1-4-14(5-2-12)16-11-28-22-21-16/h1-6,8,11,15H,7,9-10H2,(H2,19,20)(H,23,24)(H,25,26). The van der Waals surface area contributed by atoms with E-state index in [1.807, 2.05) is 5.38 Å². The van der Waals surface area contributed by atoms with Crippen molar-refractivity contribution in [2.45, 2.75) is 12.6 Å². The van der Waals surface area contributed by atoms with E-state index in [9.17, 15) is 19.4 Å². The predicted molar refractivity (Wildman–Crippen MR) is 107 cm³/mol. The molecule has 2 unspecified atom stereocenters. The third-order valence-corrected chi connectivity index (χ3v) is 6.60. The molecule has 10 heteroatoms. The number of nitrogen functional groups attached to an aromatic ring is 1. The molecular weight excluding hydrogens is 399 g/mol. The molecule has 0 aliphatic heterocycles. The minimum absolute atomic E-state index is 0.0909. The van der Waals surface area contributed by atoms with Gasteiger partial charge in [-0.3, -0.25) is 9.36 Å². The monoisotopic (exact) mass is 418 g/mol. The van der Waals surface area contributed by atoms with Crippen LogP contribution in [0.2, 0.25) is 0 Å². The van der Waals surface area contributed by atoms with Crippen molar-refractivity contribution in [1.82, 2.24) is 14.6 Å². The fraction of sp³-hybridized carbons (Fsp3) is 0.222. The average molecular weight is 418 g/mol. The van der Waals surface area contributed by atoms with Gasteiger partial charge in [-0.15, -0.1) is 5.10 Å². The van der Waals surface area contributed by atoms with Crippen molar-refractivity contribution in [3.05, 3.63) is 59.1 Å². The number of benzene rings is 1. The summed E-state index contributed by atoms with van der Waals surface area (Å²) in [5.74, 6) is -1.76. The van der Waals surface area contributed by atoms with Crippen LogP contribution >= 0.6 is 18.9 Å². The lowest BCUT2D eigenvalue weighted by molar-refractivity contribution is -0.141. The second-order valence-corrected chi connectivity index (χ2v) is 9.49. The van der Waals surface area contributed by atoms with Crippen molar-refractivity contribution in [3.63, 3.8) is 0 Å². The van der Waals surface area contributed by atoms with Crippen LogP contribution in [-0.2, 0) is 21.9 Å². The summed E-state index contributed by atoms with van der Waals surface area (Å²) < 4.78 is 16.5. The molecule has 0 fully saturated rings. The van der Waals surface area contributed by atoms with E-state index in [0.717, 1.165) is 11.3 Å². The molecule has 2 heterocycles. The highest BCUT2D eigenvalue weighted by atomic mass is 32.1. The summed E-state index contributed by atoms with van der Waals surface area (Å²) >= 11 is 1.25. The number of carboxylic acids is 1. The van der Waals surface area contributed by atoms with Crippen LogP contribution in [0.3, 0.4) is 0 Å². The van der Waals surface area contributed by atoms with Crippen LogP contribution in [0.4, 0.5) is 5.82 Å². The third kappa shape index (κ3) is 5.45. The number of pyridine rings is 1. The van der Waals surface area contributed by atoms with Crippen molar-refractivity contribution in [1.29, 1.82) is 0 Å². The number of rotatable bonds is 8. The van der Waals surface area contributed by atoms with Gasteiger partial charge in [0.15, 0.2) is 0 Å². The molecule has 4 N–H and O–H groups in total. The van der Waals surface area contributed by atoms with Gasteiger partial charge in [0.2, 0.25) is 7.37 Å². The van der Waals surface area contributed by atoms with Crippen molar-refractivity contribution in [2.75, 3.05) is 11.9 Å². The van der Waals surface area contributed by atoms with Crippen molar-refractivity contribution in [2.24, 2.45) is 5.92 Å². The lowest BCUT2D eigenvalue weighted by Gasteiger charge is -2.17. The second kappa shape index (κ2) is 8.60. The SMILES string of the molecule is Nc1ccc(CC(CP(=O)(O)Cc2ccc(-c3csnn3)cc2)C(=O)O)cn1. The molecule has 0 spiro atoms. The number of carboxylic acid groups (broad SMARTS) is 1. The Kier molecular flexibility index (Phi) is 6.18. The predicted octanol–water partition coefficient (Wildman–Crippen LogP) is 2.90. The zero-order chi connectivity index (χ0) is 20.1. The van der Waals surface area contributed by atoms with E-state index >= 15 is 0 Å². The minimum Gasteiger partial charge on any atom is -0.481 e. The van der Waals surface area contributed by atoms with Crippen LogP contribution < -0.4 is 5.73 Å². The summed E-state index contributed by atoms with van der Waals surface area (Å²) in [5.41, 5.74) is 8.45. The maximum Gasteiger partial charge on any atom is 0.307 e. The molecule has 0 radical (unpaired) electrons. The Bertz CT molecular complexity index is 978. The number of hydrogen-bond acceptors (Lipinski definition) is 7. The van der Waals surface area contributed by atoms with E-state index in [0.29, 0.717) is 16.9 Å². The zero-order valence-corrected chi connectivity index (χ0v) is 16.5. The highest BCUT2D eigenvalue weighted by Crippen LogP contribution is 2.46. The molecule has 8 nitrogen and oxygen atoms in total. The molecule has 3 rings (SSSR count). The molecule has 1 aromatic carbocycles. The minimum atomic E-state index is -3.70. The van der Waals surface area contributed by atoms with E-state index in [-0.39, 0.29) is 18.7 Å². The van der Waals surface area contributed by atoms with Gasteiger partial charge in [-0.05, 0) is 35.1 Å². The van der Waals surface area contributed by atoms with Gasteiger partial charge in [0.05, 0.1) is 5.92 Å². The lowest BCUT2D eigenvalue weighted by Crippen LogP contribution is -2.21. The highest BCUT2D eigenvalue weighted by molar-refractivity contribution is 7.57. The summed E-state index contributed by atoms with van der Waals surface area (Å²) in [7, 11) is -3.70. The van der Waals surface area contributed by atoms with Gasteiger partial charge in [-0.2, -0.15) is 0 Å². The zero-order valence-electron chi connectivity index (χ0n) is 14.8. The molecule has 2 atom stereocenters. The Morgan fingerprint density at radius 2 is 1.89 bits per heavy atom. The highest BCUT2D eigenvalue weighted by Gasteiger charge is 2.29. The molecule has 146 valence electrons. The molecule has 0 saturated carbocycles. The number of carbonyl (C=O) groups is 1. The molecule has 2 aromatic heterocycles. The van der Waals surface area contributed by atoms with Gasteiger partial charge in [-0.25, -0.2) is 4.98 Å². The number of nitrogens with two attached hydrogens (primary N) is 1. The Morgan fingerprint density at radius 3 is 2.46 bits per heavy atom. The van der Waals surface area contributed by atoms with Crippen LogP contribution in [0.1, 0.15) is 11.1 Å². The van der Waals surface area contributed by atoms with Crippen molar-refractivity contribution >= 4 is 30.7 Å². The van der Waals surface area contributed by atoms with Crippen molar-refractivity contribution < 1.29 is 19.4 Å². The van der Waals surface area contributed by atoms with Crippen LogP contribution in [0.15, 0.2) is 48.0 Å². The summed E-state index contributed by atoms with van der Waals surface area (Å²) in [6.45, 7) is 0. The first-order chi connectivity index (χ1) is 13.3. The summed E-state index contributed by atoms with van der Waals surface area (Å²) in [4.78, 5) is 25.9. The van der Waals surface area contributed by atoms with Crippen LogP contribution in [0.5, 0.6) is 0 Å². The molecular formula is C18H19N4O4PS. The number of nitrogens with zero attached hydrogens (tertiary/aromatic N) is 3. The van der Waals surface area contributed by atoms with E-state index in [2.05, 4.69) is 14.6 Å². The van der Waals surface area contributed by atoms with E-state index in [4.69, 9.17) is 5.73 Å². The van der Waals surface area contributed by atoms with Gasteiger partial charge in [0.25, 0.3) is 0 Å². The Balaban J connectivity index is 1.67. The van der Waals surface area contributed by atoms with Crippen LogP contribution in [0, 0.1) is 5.92 Å². The van der Waals surface area contributed by atoms with Gasteiger partial charge >= 0.3 is 5.97 Å². The summed E-state index contributed by atoms with van der Waals surface area (Å²) in [6.07, 6.45) is 1.19. The molecule has 28 heavy (non-hydrogen) atoms. The maximum atomic E-state index is 12.7. The van der Waals surface area contributed by atoms with E-state index < -0.39 is 19.3 Å². The van der Waals surface area contributed by atoms with Crippen LogP contribution in [-0.4, -0.2) is 36.7 Å². The molecule has 0 saturated heterocycles. The van der Waals surface area contributed by atoms with E-state index in [1.54, 1.807) is 36.4 Å².